The van der Waals surface area contributed by atoms with Crippen LogP contribution in [0.5, 0.6) is 0 Å². The Kier molecular flexibility index (Phi) is 3.56. The largest absolute Gasteiger partial charge is 0.368 e. The molecule has 2 rings (SSSR count). The highest BCUT2D eigenvalue weighted by Crippen LogP contribution is 2.31. The fourth-order valence-electron chi connectivity index (χ4n) is 2.34. The van der Waals surface area contributed by atoms with Crippen molar-refractivity contribution in [2.24, 2.45) is 11.3 Å². The molecule has 1 fully saturated rings. The molecule has 1 aliphatic rings. The number of hydrazine groups is 1. The highest BCUT2D eigenvalue weighted by atomic mass is 15.3. The molecule has 0 amide bonds. The summed E-state index contributed by atoms with van der Waals surface area (Å²) in [4.78, 5) is 10.6. The van der Waals surface area contributed by atoms with Gasteiger partial charge in [0.05, 0.1) is 0 Å². The summed E-state index contributed by atoms with van der Waals surface area (Å²) in [6.07, 6.45) is 3.57. The van der Waals surface area contributed by atoms with Crippen molar-refractivity contribution in [2.45, 2.75) is 33.1 Å². The fraction of sp³-hybridized carbons (Fsp3) is 0.667. The molecule has 0 aliphatic carbocycles. The van der Waals surface area contributed by atoms with E-state index in [4.69, 9.17) is 11.6 Å². The smallest absolute Gasteiger partial charge is 0.223 e. The molecule has 0 spiro atoms. The van der Waals surface area contributed by atoms with Gasteiger partial charge >= 0.3 is 0 Å². The molecule has 6 nitrogen and oxygen atoms in total. The molecule has 1 aliphatic heterocycles. The number of anilines is 3. The number of nitrogens with one attached hydrogen (secondary N) is 1. The van der Waals surface area contributed by atoms with Crippen molar-refractivity contribution in [3.8, 4) is 0 Å². The summed E-state index contributed by atoms with van der Waals surface area (Å²) in [5.41, 5.74) is 8.62. The van der Waals surface area contributed by atoms with E-state index >= 15 is 0 Å². The zero-order valence-electron chi connectivity index (χ0n) is 11.1. The van der Waals surface area contributed by atoms with E-state index in [2.05, 4.69) is 34.1 Å². The number of aromatic nitrogens is 2. The Bertz CT molecular complexity index is 417. The van der Waals surface area contributed by atoms with E-state index in [-0.39, 0.29) is 5.95 Å². The zero-order chi connectivity index (χ0) is 13.2. The minimum Gasteiger partial charge on any atom is -0.368 e. The molecule has 100 valence electrons. The molecule has 0 aromatic carbocycles. The van der Waals surface area contributed by atoms with Crippen molar-refractivity contribution >= 4 is 17.6 Å². The summed E-state index contributed by atoms with van der Waals surface area (Å²) in [5, 5.41) is 0. The lowest BCUT2D eigenvalue weighted by molar-refractivity contribution is 0.325. The fourth-order valence-corrected chi connectivity index (χ4v) is 2.34. The molecule has 5 N–H and O–H groups in total. The monoisotopic (exact) mass is 250 g/mol. The number of nitrogen functional groups attached to an aromatic ring is 2. The third kappa shape index (κ3) is 3.01. The summed E-state index contributed by atoms with van der Waals surface area (Å²) in [5.74, 6) is 7.04. The van der Waals surface area contributed by atoms with E-state index in [0.717, 1.165) is 25.3 Å². The van der Waals surface area contributed by atoms with Gasteiger partial charge in [-0.1, -0.05) is 13.8 Å². The molecule has 6 heteroatoms. The highest BCUT2D eigenvalue weighted by Gasteiger charge is 2.23. The van der Waals surface area contributed by atoms with Crippen LogP contribution in [0.15, 0.2) is 6.07 Å². The normalized spacial score (nSPS) is 19.4. The molecule has 2 heterocycles. The Labute approximate surface area is 108 Å². The van der Waals surface area contributed by atoms with Crippen molar-refractivity contribution in [3.05, 3.63) is 6.07 Å². The molecule has 0 saturated carbocycles. The average molecular weight is 250 g/mol. The minimum atomic E-state index is 0.254. The van der Waals surface area contributed by atoms with E-state index in [9.17, 15) is 0 Å². The van der Waals surface area contributed by atoms with Gasteiger partial charge in [0, 0.05) is 19.2 Å². The van der Waals surface area contributed by atoms with Gasteiger partial charge in [-0.25, -0.2) is 5.84 Å². The lowest BCUT2D eigenvalue weighted by Gasteiger charge is -2.24. The second-order valence-electron chi connectivity index (χ2n) is 5.62. The van der Waals surface area contributed by atoms with Crippen LogP contribution in [0.25, 0.3) is 0 Å². The van der Waals surface area contributed by atoms with Gasteiger partial charge in [0.2, 0.25) is 5.95 Å². The number of rotatable bonds is 2. The third-order valence-corrected chi connectivity index (χ3v) is 3.54. The maximum atomic E-state index is 5.69. The summed E-state index contributed by atoms with van der Waals surface area (Å²) < 4.78 is 0. The summed E-state index contributed by atoms with van der Waals surface area (Å²) in [6, 6.07) is 1.84. The van der Waals surface area contributed by atoms with E-state index in [0.29, 0.717) is 11.2 Å². The third-order valence-electron chi connectivity index (χ3n) is 3.54. The molecule has 1 saturated heterocycles. The quantitative estimate of drug-likeness (QED) is 0.542. The van der Waals surface area contributed by atoms with Crippen LogP contribution >= 0.6 is 0 Å². The van der Waals surface area contributed by atoms with Crippen molar-refractivity contribution < 1.29 is 0 Å². The van der Waals surface area contributed by atoms with Crippen LogP contribution in [0.1, 0.15) is 33.1 Å². The molecule has 18 heavy (non-hydrogen) atoms. The molecule has 0 radical (unpaired) electrons. The van der Waals surface area contributed by atoms with Crippen molar-refractivity contribution in [1.82, 2.24) is 9.97 Å². The molecule has 1 aromatic heterocycles. The van der Waals surface area contributed by atoms with Crippen LogP contribution in [0.2, 0.25) is 0 Å². The van der Waals surface area contributed by atoms with Crippen molar-refractivity contribution in [1.29, 1.82) is 0 Å². The predicted molar refractivity (Wildman–Crippen MR) is 74.1 cm³/mol. The Balaban J connectivity index is 2.18. The van der Waals surface area contributed by atoms with E-state index < -0.39 is 0 Å². The molecule has 0 unspecified atom stereocenters. The van der Waals surface area contributed by atoms with Crippen molar-refractivity contribution in [2.75, 3.05) is 29.1 Å². The topological polar surface area (TPSA) is 93.1 Å². The molecule has 0 atom stereocenters. The first-order valence-electron chi connectivity index (χ1n) is 6.36. The highest BCUT2D eigenvalue weighted by molar-refractivity contribution is 5.52. The molecular weight excluding hydrogens is 228 g/mol. The van der Waals surface area contributed by atoms with E-state index in [1.807, 2.05) is 6.07 Å². The second-order valence-corrected chi connectivity index (χ2v) is 5.62. The van der Waals surface area contributed by atoms with Crippen LogP contribution in [-0.4, -0.2) is 23.1 Å². The van der Waals surface area contributed by atoms with Gasteiger partial charge in [-0.2, -0.15) is 9.97 Å². The van der Waals surface area contributed by atoms with Gasteiger partial charge in [-0.3, -0.25) is 0 Å². The maximum absolute atomic E-state index is 5.69. The Morgan fingerprint density at radius 2 is 2.06 bits per heavy atom. The number of hydrogen-bond donors (Lipinski definition) is 3. The maximum Gasteiger partial charge on any atom is 0.223 e. The van der Waals surface area contributed by atoms with E-state index in [1.165, 1.54) is 12.8 Å². The number of nitrogens with two attached hydrogens (primary N) is 2. The predicted octanol–water partition coefficient (Wildman–Crippen LogP) is 1.36. The SMILES string of the molecule is CC1(C)CCCN(c2cc(NN)nc(N)n2)CC1. The van der Waals surface area contributed by atoms with Gasteiger partial charge in [0.25, 0.3) is 0 Å². The summed E-state index contributed by atoms with van der Waals surface area (Å²) in [6.45, 7) is 6.63. The summed E-state index contributed by atoms with van der Waals surface area (Å²) >= 11 is 0. The first-order valence-corrected chi connectivity index (χ1v) is 6.36. The number of nitrogens with zero attached hydrogens (tertiary/aromatic N) is 3. The Hall–Kier alpha value is -1.56. The first kappa shape index (κ1) is 12.9. The van der Waals surface area contributed by atoms with Crippen LogP contribution in [-0.2, 0) is 0 Å². The summed E-state index contributed by atoms with van der Waals surface area (Å²) in [7, 11) is 0. The van der Waals surface area contributed by atoms with Gasteiger partial charge in [-0.15, -0.1) is 0 Å². The average Bonchev–Trinajstić information content (AvgIpc) is 2.49. The van der Waals surface area contributed by atoms with Gasteiger partial charge in [-0.05, 0) is 24.7 Å². The molecular formula is C12H22N6. The van der Waals surface area contributed by atoms with Crippen LogP contribution in [0.3, 0.4) is 0 Å². The van der Waals surface area contributed by atoms with Gasteiger partial charge in [0.15, 0.2) is 0 Å². The zero-order valence-corrected chi connectivity index (χ0v) is 11.1. The Morgan fingerprint density at radius 3 is 2.78 bits per heavy atom. The van der Waals surface area contributed by atoms with Gasteiger partial charge in [0.1, 0.15) is 11.6 Å². The lowest BCUT2D eigenvalue weighted by Crippen LogP contribution is -2.26. The lowest BCUT2D eigenvalue weighted by atomic mass is 9.85. The van der Waals surface area contributed by atoms with E-state index in [1.54, 1.807) is 0 Å². The van der Waals surface area contributed by atoms with Gasteiger partial charge < -0.3 is 16.1 Å². The van der Waals surface area contributed by atoms with Crippen LogP contribution in [0.4, 0.5) is 17.6 Å². The first-order chi connectivity index (χ1) is 8.50. The Morgan fingerprint density at radius 1 is 1.28 bits per heavy atom. The van der Waals surface area contributed by atoms with Crippen LogP contribution < -0.4 is 21.9 Å². The standard InChI is InChI=1S/C12H22N6/c1-12(2)4-3-6-18(7-5-12)10-8-9(17-14)15-11(13)16-10/h8H,3-7,14H2,1-2H3,(H3,13,15,16,17). The number of hydrogen-bond acceptors (Lipinski definition) is 6. The van der Waals surface area contributed by atoms with Crippen molar-refractivity contribution in [3.63, 3.8) is 0 Å². The molecule has 0 bridgehead atoms. The van der Waals surface area contributed by atoms with Crippen LogP contribution in [0, 0.1) is 5.41 Å². The minimum absolute atomic E-state index is 0.254. The second kappa shape index (κ2) is 4.97. The molecule has 1 aromatic rings.